The van der Waals surface area contributed by atoms with Crippen molar-refractivity contribution >= 4 is 54.6 Å². The second kappa shape index (κ2) is 8.15. The number of nitrogens with zero attached hydrogens (tertiary/aromatic N) is 1. The molecular weight excluding hydrogens is 432 g/mol. The molecule has 0 fully saturated rings. The SMILES string of the molecule is O=C(Cc1cccc2ccccc12)Nc1sc2c(c1-c1nc3ccccc3s1)CCCC2. The highest BCUT2D eigenvalue weighted by Gasteiger charge is 2.25. The predicted molar refractivity (Wildman–Crippen MR) is 136 cm³/mol. The third kappa shape index (κ3) is 3.51. The fraction of sp³-hybridized carbons (Fsp3) is 0.185. The van der Waals surface area contributed by atoms with Crippen molar-refractivity contribution in [2.45, 2.75) is 32.1 Å². The van der Waals surface area contributed by atoms with Gasteiger partial charge in [-0.15, -0.1) is 22.7 Å². The molecule has 5 aromatic rings. The van der Waals surface area contributed by atoms with Gasteiger partial charge in [0.25, 0.3) is 0 Å². The van der Waals surface area contributed by atoms with Gasteiger partial charge in [-0.3, -0.25) is 4.79 Å². The largest absolute Gasteiger partial charge is 0.317 e. The molecule has 0 radical (unpaired) electrons. The van der Waals surface area contributed by atoms with E-state index in [4.69, 9.17) is 4.98 Å². The van der Waals surface area contributed by atoms with E-state index < -0.39 is 0 Å². The second-order valence-electron chi connectivity index (χ2n) is 8.26. The number of carbonyl (C=O) groups is 1. The summed E-state index contributed by atoms with van der Waals surface area (Å²) in [5.41, 5.74) is 4.62. The average Bonchev–Trinajstić information content (AvgIpc) is 3.39. The normalized spacial score (nSPS) is 13.4. The summed E-state index contributed by atoms with van der Waals surface area (Å²) in [4.78, 5) is 19.5. The first-order valence-corrected chi connectivity index (χ1v) is 12.7. The van der Waals surface area contributed by atoms with Gasteiger partial charge in [0.15, 0.2) is 0 Å². The number of aryl methyl sites for hydroxylation is 1. The number of para-hydroxylation sites is 1. The average molecular weight is 455 g/mol. The van der Waals surface area contributed by atoms with Crippen molar-refractivity contribution < 1.29 is 4.79 Å². The number of anilines is 1. The van der Waals surface area contributed by atoms with Gasteiger partial charge in [-0.2, -0.15) is 0 Å². The Hall–Kier alpha value is -3.02. The minimum Gasteiger partial charge on any atom is -0.317 e. The molecule has 0 atom stereocenters. The molecule has 32 heavy (non-hydrogen) atoms. The highest BCUT2D eigenvalue weighted by atomic mass is 32.1. The van der Waals surface area contributed by atoms with Crippen LogP contribution in [0.2, 0.25) is 0 Å². The van der Waals surface area contributed by atoms with Gasteiger partial charge in [0.05, 0.1) is 16.6 Å². The summed E-state index contributed by atoms with van der Waals surface area (Å²) in [6.45, 7) is 0. The molecule has 1 aliphatic carbocycles. The molecular formula is C27H22N2OS2. The van der Waals surface area contributed by atoms with Crippen LogP contribution >= 0.6 is 22.7 Å². The van der Waals surface area contributed by atoms with E-state index in [1.807, 2.05) is 24.3 Å². The number of thiazole rings is 1. The number of hydrogen-bond acceptors (Lipinski definition) is 4. The summed E-state index contributed by atoms with van der Waals surface area (Å²) < 4.78 is 1.19. The third-order valence-electron chi connectivity index (χ3n) is 6.16. The van der Waals surface area contributed by atoms with Crippen LogP contribution in [0.15, 0.2) is 66.7 Å². The first-order valence-electron chi connectivity index (χ1n) is 11.0. The van der Waals surface area contributed by atoms with Crippen LogP contribution in [0.3, 0.4) is 0 Å². The molecule has 0 saturated heterocycles. The Kier molecular flexibility index (Phi) is 5.01. The van der Waals surface area contributed by atoms with Crippen LogP contribution in [-0.2, 0) is 24.1 Å². The summed E-state index contributed by atoms with van der Waals surface area (Å²) in [5, 5.41) is 7.56. The van der Waals surface area contributed by atoms with Gasteiger partial charge in [0, 0.05) is 10.4 Å². The lowest BCUT2D eigenvalue weighted by atomic mass is 9.95. The molecule has 5 heteroatoms. The van der Waals surface area contributed by atoms with Crippen LogP contribution in [0.4, 0.5) is 5.00 Å². The monoisotopic (exact) mass is 454 g/mol. The van der Waals surface area contributed by atoms with Gasteiger partial charge in [-0.05, 0) is 59.7 Å². The Morgan fingerprint density at radius 2 is 1.72 bits per heavy atom. The van der Waals surface area contributed by atoms with Crippen LogP contribution in [0, 0.1) is 0 Å². The molecule has 3 aromatic carbocycles. The quantitative estimate of drug-likeness (QED) is 0.311. The number of fused-ring (bicyclic) bond motifs is 3. The third-order valence-corrected chi connectivity index (χ3v) is 8.42. The Bertz CT molecular complexity index is 1430. The zero-order valence-corrected chi connectivity index (χ0v) is 19.2. The van der Waals surface area contributed by atoms with Gasteiger partial charge in [-0.1, -0.05) is 54.6 Å². The molecule has 3 nitrogen and oxygen atoms in total. The zero-order chi connectivity index (χ0) is 21.5. The summed E-state index contributed by atoms with van der Waals surface area (Å²) in [7, 11) is 0. The lowest BCUT2D eigenvalue weighted by Crippen LogP contribution is -2.14. The van der Waals surface area contributed by atoms with E-state index in [0.29, 0.717) is 6.42 Å². The Labute approximate surface area is 194 Å². The maximum atomic E-state index is 13.2. The number of benzene rings is 3. The summed E-state index contributed by atoms with van der Waals surface area (Å²) in [6, 6.07) is 22.7. The van der Waals surface area contributed by atoms with Crippen molar-refractivity contribution in [3.8, 4) is 10.6 Å². The maximum Gasteiger partial charge on any atom is 0.229 e. The van der Waals surface area contributed by atoms with Gasteiger partial charge in [0.2, 0.25) is 5.91 Å². The molecule has 1 aliphatic rings. The second-order valence-corrected chi connectivity index (χ2v) is 10.4. The fourth-order valence-corrected chi connectivity index (χ4v) is 7.07. The van der Waals surface area contributed by atoms with Crippen molar-refractivity contribution in [1.29, 1.82) is 0 Å². The first-order chi connectivity index (χ1) is 15.8. The molecule has 2 aromatic heterocycles. The molecule has 0 bridgehead atoms. The van der Waals surface area contributed by atoms with E-state index in [1.165, 1.54) is 33.4 Å². The Morgan fingerprint density at radius 1 is 0.906 bits per heavy atom. The topological polar surface area (TPSA) is 42.0 Å². The molecule has 0 aliphatic heterocycles. The molecule has 1 N–H and O–H groups in total. The maximum absolute atomic E-state index is 13.2. The van der Waals surface area contributed by atoms with Crippen LogP contribution in [0.5, 0.6) is 0 Å². The van der Waals surface area contributed by atoms with Gasteiger partial charge in [0.1, 0.15) is 10.0 Å². The first kappa shape index (κ1) is 19.6. The van der Waals surface area contributed by atoms with Crippen LogP contribution < -0.4 is 5.32 Å². The fourth-order valence-electron chi connectivity index (χ4n) is 4.65. The molecule has 2 heterocycles. The summed E-state index contributed by atoms with van der Waals surface area (Å²) in [5.74, 6) is 0.0299. The highest BCUT2D eigenvalue weighted by Crippen LogP contribution is 2.46. The number of nitrogens with one attached hydrogen (secondary N) is 1. The van der Waals surface area contributed by atoms with Crippen molar-refractivity contribution in [3.63, 3.8) is 0 Å². The van der Waals surface area contributed by atoms with Gasteiger partial charge >= 0.3 is 0 Å². The van der Waals surface area contributed by atoms with Crippen LogP contribution in [0.25, 0.3) is 31.6 Å². The standard InChI is InChI=1S/C27H22N2OS2/c30-24(16-18-10-7-9-17-8-1-2-11-19(17)18)29-27-25(20-12-3-5-14-22(20)31-27)26-28-21-13-4-6-15-23(21)32-26/h1-2,4,6-11,13,15H,3,5,12,14,16H2,(H,29,30). The van der Waals surface area contributed by atoms with E-state index >= 15 is 0 Å². The van der Waals surface area contributed by atoms with Gasteiger partial charge in [-0.25, -0.2) is 4.98 Å². The van der Waals surface area contributed by atoms with E-state index in [0.717, 1.165) is 44.9 Å². The number of aromatic nitrogens is 1. The van der Waals surface area contributed by atoms with Gasteiger partial charge < -0.3 is 5.32 Å². The Morgan fingerprint density at radius 3 is 2.66 bits per heavy atom. The van der Waals surface area contributed by atoms with E-state index in [-0.39, 0.29) is 5.91 Å². The van der Waals surface area contributed by atoms with E-state index in [1.54, 1.807) is 22.7 Å². The zero-order valence-electron chi connectivity index (χ0n) is 17.6. The number of carbonyl (C=O) groups excluding carboxylic acids is 1. The molecule has 0 saturated carbocycles. The molecule has 158 valence electrons. The van der Waals surface area contributed by atoms with Crippen molar-refractivity contribution in [2.75, 3.05) is 5.32 Å². The lowest BCUT2D eigenvalue weighted by molar-refractivity contribution is -0.115. The number of amides is 1. The number of rotatable bonds is 4. The highest BCUT2D eigenvalue weighted by molar-refractivity contribution is 7.22. The van der Waals surface area contributed by atoms with Crippen LogP contribution in [0.1, 0.15) is 28.8 Å². The van der Waals surface area contributed by atoms with Crippen molar-refractivity contribution in [1.82, 2.24) is 4.98 Å². The number of hydrogen-bond donors (Lipinski definition) is 1. The minimum atomic E-state index is 0.0299. The molecule has 0 unspecified atom stereocenters. The molecule has 0 spiro atoms. The molecule has 1 amide bonds. The van der Waals surface area contributed by atoms with Crippen molar-refractivity contribution in [3.05, 3.63) is 82.7 Å². The Balaban J connectivity index is 1.37. The van der Waals surface area contributed by atoms with E-state index in [9.17, 15) is 4.79 Å². The molecule has 6 rings (SSSR count). The summed E-state index contributed by atoms with van der Waals surface area (Å²) >= 11 is 3.46. The predicted octanol–water partition coefficient (Wildman–Crippen LogP) is 7.24. The van der Waals surface area contributed by atoms with Crippen molar-refractivity contribution in [2.24, 2.45) is 0 Å². The van der Waals surface area contributed by atoms with E-state index in [2.05, 4.69) is 47.8 Å². The summed E-state index contributed by atoms with van der Waals surface area (Å²) in [6.07, 6.45) is 4.94. The lowest BCUT2D eigenvalue weighted by Gasteiger charge is -2.12. The van der Waals surface area contributed by atoms with Crippen LogP contribution in [-0.4, -0.2) is 10.9 Å². The smallest absolute Gasteiger partial charge is 0.229 e. The minimum absolute atomic E-state index is 0.0299. The number of thiophene rings is 1.